The summed E-state index contributed by atoms with van der Waals surface area (Å²) in [7, 11) is 2.02. The molecule has 0 saturated carbocycles. The first-order valence-electron chi connectivity index (χ1n) is 5.48. The summed E-state index contributed by atoms with van der Waals surface area (Å²) in [5.41, 5.74) is 5.75. The van der Waals surface area contributed by atoms with E-state index in [1.807, 2.05) is 18.8 Å². The molecule has 0 aliphatic carbocycles. The van der Waals surface area contributed by atoms with E-state index in [2.05, 4.69) is 28.0 Å². The van der Waals surface area contributed by atoms with Crippen molar-refractivity contribution in [2.45, 2.75) is 19.4 Å². The van der Waals surface area contributed by atoms with Gasteiger partial charge in [-0.15, -0.1) is 0 Å². The lowest BCUT2D eigenvalue weighted by Gasteiger charge is -2.27. The second-order valence-electron chi connectivity index (χ2n) is 3.80. The van der Waals surface area contributed by atoms with E-state index in [4.69, 9.17) is 11.1 Å². The van der Waals surface area contributed by atoms with Gasteiger partial charge in [0.15, 0.2) is 0 Å². The fraction of sp³-hybridized carbons (Fsp3) is 0.545. The predicted octanol–water partition coefficient (Wildman–Crippen LogP) is 1.34. The van der Waals surface area contributed by atoms with Gasteiger partial charge in [-0.2, -0.15) is 11.8 Å². The molecule has 0 aliphatic rings. The van der Waals surface area contributed by atoms with E-state index in [9.17, 15) is 0 Å². The van der Waals surface area contributed by atoms with E-state index in [0.717, 1.165) is 18.0 Å². The van der Waals surface area contributed by atoms with E-state index in [-0.39, 0.29) is 5.84 Å². The quantitative estimate of drug-likeness (QED) is 0.591. The monoisotopic (exact) mass is 253 g/mol. The van der Waals surface area contributed by atoms with Gasteiger partial charge in [0.1, 0.15) is 17.3 Å². The highest BCUT2D eigenvalue weighted by molar-refractivity contribution is 7.98. The number of aromatic nitrogens is 2. The summed E-state index contributed by atoms with van der Waals surface area (Å²) in [5, 5.41) is 7.26. The third-order valence-electron chi connectivity index (χ3n) is 2.65. The molecule has 0 saturated heterocycles. The first kappa shape index (κ1) is 13.8. The molecule has 1 aromatic heterocycles. The number of hydrogen-bond donors (Lipinski definition) is 2. The first-order chi connectivity index (χ1) is 8.10. The van der Waals surface area contributed by atoms with Gasteiger partial charge in [-0.05, 0) is 12.7 Å². The molecule has 1 unspecified atom stereocenters. The van der Waals surface area contributed by atoms with E-state index < -0.39 is 0 Å². The van der Waals surface area contributed by atoms with Crippen LogP contribution in [0, 0.1) is 5.41 Å². The number of rotatable bonds is 6. The number of nitrogens with one attached hydrogen (secondary N) is 1. The number of thioether (sulfide) groups is 1. The third-order valence-corrected chi connectivity index (χ3v) is 3.37. The lowest BCUT2D eigenvalue weighted by atomic mass is 10.2. The Morgan fingerprint density at radius 1 is 1.53 bits per heavy atom. The van der Waals surface area contributed by atoms with Crippen LogP contribution in [0.4, 0.5) is 5.82 Å². The van der Waals surface area contributed by atoms with Crippen molar-refractivity contribution in [3.8, 4) is 0 Å². The number of nitrogens with zero attached hydrogens (tertiary/aromatic N) is 3. The Morgan fingerprint density at radius 3 is 2.65 bits per heavy atom. The van der Waals surface area contributed by atoms with E-state index >= 15 is 0 Å². The minimum absolute atomic E-state index is 0.0529. The maximum atomic E-state index is 7.26. The smallest absolute Gasteiger partial charge is 0.147 e. The summed E-state index contributed by atoms with van der Waals surface area (Å²) in [5.74, 6) is 1.82. The van der Waals surface area contributed by atoms with Crippen molar-refractivity contribution in [3.63, 3.8) is 0 Å². The molecule has 6 heteroatoms. The van der Waals surface area contributed by atoms with Crippen LogP contribution in [-0.4, -0.2) is 40.9 Å². The van der Waals surface area contributed by atoms with E-state index in [1.54, 1.807) is 12.4 Å². The molecule has 0 fully saturated rings. The van der Waals surface area contributed by atoms with Gasteiger partial charge >= 0.3 is 0 Å². The molecule has 0 aromatic carbocycles. The van der Waals surface area contributed by atoms with Crippen LogP contribution in [0.3, 0.4) is 0 Å². The molecule has 0 radical (unpaired) electrons. The van der Waals surface area contributed by atoms with Gasteiger partial charge in [-0.3, -0.25) is 5.41 Å². The summed E-state index contributed by atoms with van der Waals surface area (Å²) < 4.78 is 0. The number of nitrogens with two attached hydrogens (primary N) is 1. The Labute approximate surface area is 106 Å². The van der Waals surface area contributed by atoms with Crippen LogP contribution in [0.15, 0.2) is 12.4 Å². The molecule has 1 aromatic rings. The Hall–Kier alpha value is -1.30. The molecule has 1 rings (SSSR count). The van der Waals surface area contributed by atoms with Crippen molar-refractivity contribution >= 4 is 23.4 Å². The summed E-state index contributed by atoms with van der Waals surface area (Å²) in [6, 6.07) is 0.447. The normalized spacial score (nSPS) is 12.2. The van der Waals surface area contributed by atoms with Gasteiger partial charge in [0, 0.05) is 18.8 Å². The predicted molar refractivity (Wildman–Crippen MR) is 73.9 cm³/mol. The molecule has 1 atom stereocenters. The molecule has 1 heterocycles. The minimum Gasteiger partial charge on any atom is -0.382 e. The number of amidine groups is 1. The molecule has 3 N–H and O–H groups in total. The van der Waals surface area contributed by atoms with Crippen molar-refractivity contribution in [2.75, 3.05) is 24.0 Å². The maximum absolute atomic E-state index is 7.26. The third kappa shape index (κ3) is 3.59. The van der Waals surface area contributed by atoms with Crippen LogP contribution in [0.1, 0.15) is 19.0 Å². The number of anilines is 1. The SMILES string of the molecule is CCC(CSC)N(C)c1cnc(C(=N)N)cn1. The highest BCUT2D eigenvalue weighted by Crippen LogP contribution is 2.15. The summed E-state index contributed by atoms with van der Waals surface area (Å²) in [6.45, 7) is 2.16. The topological polar surface area (TPSA) is 78.9 Å². The molecule has 5 nitrogen and oxygen atoms in total. The Balaban J connectivity index is 2.81. The highest BCUT2D eigenvalue weighted by atomic mass is 32.2. The van der Waals surface area contributed by atoms with Crippen LogP contribution in [0.5, 0.6) is 0 Å². The Kier molecular flexibility index (Phi) is 5.21. The average molecular weight is 253 g/mol. The van der Waals surface area contributed by atoms with Crippen LogP contribution in [0.2, 0.25) is 0 Å². The van der Waals surface area contributed by atoms with Gasteiger partial charge in [0.25, 0.3) is 0 Å². The number of nitrogen functional groups attached to an aromatic ring is 1. The zero-order chi connectivity index (χ0) is 12.8. The zero-order valence-corrected chi connectivity index (χ0v) is 11.3. The van der Waals surface area contributed by atoms with Crippen LogP contribution in [-0.2, 0) is 0 Å². The summed E-state index contributed by atoms with van der Waals surface area (Å²) >= 11 is 1.82. The van der Waals surface area contributed by atoms with Crippen molar-refractivity contribution in [1.82, 2.24) is 9.97 Å². The molecule has 0 aliphatic heterocycles. The highest BCUT2D eigenvalue weighted by Gasteiger charge is 2.14. The van der Waals surface area contributed by atoms with Gasteiger partial charge in [-0.25, -0.2) is 9.97 Å². The Bertz CT molecular complexity index is 365. The number of hydrogen-bond acceptors (Lipinski definition) is 5. The van der Waals surface area contributed by atoms with Gasteiger partial charge in [0.05, 0.1) is 12.4 Å². The lowest BCUT2D eigenvalue weighted by Crippen LogP contribution is -2.34. The van der Waals surface area contributed by atoms with Crippen LogP contribution >= 0.6 is 11.8 Å². The maximum Gasteiger partial charge on any atom is 0.147 e. The van der Waals surface area contributed by atoms with Gasteiger partial charge < -0.3 is 10.6 Å². The van der Waals surface area contributed by atoms with Crippen molar-refractivity contribution in [1.29, 1.82) is 5.41 Å². The van der Waals surface area contributed by atoms with Gasteiger partial charge in [-0.1, -0.05) is 6.92 Å². The second-order valence-corrected chi connectivity index (χ2v) is 4.71. The largest absolute Gasteiger partial charge is 0.382 e. The summed E-state index contributed by atoms with van der Waals surface area (Å²) in [6.07, 6.45) is 6.37. The summed E-state index contributed by atoms with van der Waals surface area (Å²) in [4.78, 5) is 10.5. The average Bonchev–Trinajstić information content (AvgIpc) is 2.35. The lowest BCUT2D eigenvalue weighted by molar-refractivity contribution is 0.664. The van der Waals surface area contributed by atoms with Crippen LogP contribution < -0.4 is 10.6 Å². The van der Waals surface area contributed by atoms with Crippen molar-refractivity contribution in [3.05, 3.63) is 18.1 Å². The molecule has 17 heavy (non-hydrogen) atoms. The molecular formula is C11H19N5S. The van der Waals surface area contributed by atoms with Gasteiger partial charge in [0.2, 0.25) is 0 Å². The van der Waals surface area contributed by atoms with Crippen molar-refractivity contribution in [2.24, 2.45) is 5.73 Å². The fourth-order valence-electron chi connectivity index (χ4n) is 1.53. The first-order valence-corrected chi connectivity index (χ1v) is 6.87. The zero-order valence-electron chi connectivity index (χ0n) is 10.5. The minimum atomic E-state index is -0.0529. The van der Waals surface area contributed by atoms with Crippen molar-refractivity contribution < 1.29 is 0 Å². The molecule has 0 amide bonds. The molecular weight excluding hydrogens is 234 g/mol. The van der Waals surface area contributed by atoms with E-state index in [1.165, 1.54) is 0 Å². The van der Waals surface area contributed by atoms with Crippen LogP contribution in [0.25, 0.3) is 0 Å². The van der Waals surface area contributed by atoms with E-state index in [0.29, 0.717) is 11.7 Å². The standard InChI is InChI=1S/C11H19N5S/c1-4-8(7-17-3)16(2)10-6-14-9(5-15-10)11(12)13/h5-6,8H,4,7H2,1-3H3,(H3,12,13). The molecule has 0 bridgehead atoms. The molecule has 94 valence electrons. The molecule has 0 spiro atoms. The Morgan fingerprint density at radius 2 is 2.24 bits per heavy atom. The fourth-order valence-corrected chi connectivity index (χ4v) is 2.37. The second kappa shape index (κ2) is 6.44.